The summed E-state index contributed by atoms with van der Waals surface area (Å²) in [6.45, 7) is 0. The topological polar surface area (TPSA) is 38.9 Å². The minimum Gasteiger partial charge on any atom is -0.453 e. The Hall–Kier alpha value is -1.90. The number of pyridine rings is 2. The van der Waals surface area contributed by atoms with Gasteiger partial charge in [0.05, 0.1) is 0 Å². The highest BCUT2D eigenvalue weighted by molar-refractivity contribution is 5.99. The summed E-state index contributed by atoms with van der Waals surface area (Å²) in [4.78, 5) is 8.43. The minimum atomic E-state index is 0.788. The predicted molar refractivity (Wildman–Crippen MR) is 49.3 cm³/mol. The highest BCUT2D eigenvalue weighted by Crippen LogP contribution is 2.23. The first-order valence-corrected chi connectivity index (χ1v) is 4.03. The first-order valence-electron chi connectivity index (χ1n) is 4.03. The second-order valence-corrected chi connectivity index (χ2v) is 2.80. The summed E-state index contributed by atoms with van der Waals surface area (Å²) >= 11 is 0. The van der Waals surface area contributed by atoms with Crippen molar-refractivity contribution in [2.45, 2.75) is 0 Å². The fourth-order valence-corrected chi connectivity index (χ4v) is 1.42. The van der Waals surface area contributed by atoms with E-state index in [0.717, 1.165) is 22.2 Å². The van der Waals surface area contributed by atoms with Gasteiger partial charge in [-0.2, -0.15) is 0 Å². The van der Waals surface area contributed by atoms with Gasteiger partial charge in [0.25, 0.3) is 0 Å². The number of nitrogens with zero attached hydrogens (tertiary/aromatic N) is 2. The maximum atomic E-state index is 5.53. The smallest absolute Gasteiger partial charge is 0.155 e. The third-order valence-electron chi connectivity index (χ3n) is 1.99. The summed E-state index contributed by atoms with van der Waals surface area (Å²) in [7, 11) is 0. The third kappa shape index (κ3) is 0.839. The molecule has 0 saturated carbocycles. The van der Waals surface area contributed by atoms with Gasteiger partial charge in [0, 0.05) is 12.4 Å². The van der Waals surface area contributed by atoms with Crippen molar-refractivity contribution >= 4 is 22.2 Å². The minimum absolute atomic E-state index is 0.788. The van der Waals surface area contributed by atoms with Gasteiger partial charge in [0.2, 0.25) is 0 Å². The standard InChI is InChI=1S/C10H6N2O/c1-3-7-9(11-5-1)10-8(13-7)4-2-6-12-10/h1-6H. The van der Waals surface area contributed by atoms with E-state index in [9.17, 15) is 0 Å². The van der Waals surface area contributed by atoms with Gasteiger partial charge in [-0.15, -0.1) is 0 Å². The van der Waals surface area contributed by atoms with E-state index in [4.69, 9.17) is 4.42 Å². The molecule has 0 atom stereocenters. The number of hydrogen-bond acceptors (Lipinski definition) is 3. The van der Waals surface area contributed by atoms with E-state index in [1.165, 1.54) is 0 Å². The highest BCUT2D eigenvalue weighted by atomic mass is 16.3. The van der Waals surface area contributed by atoms with E-state index in [0.29, 0.717) is 0 Å². The van der Waals surface area contributed by atoms with Crippen LogP contribution < -0.4 is 0 Å². The Morgan fingerprint density at radius 2 is 1.38 bits per heavy atom. The first kappa shape index (κ1) is 6.60. The molecule has 0 bridgehead atoms. The predicted octanol–water partition coefficient (Wildman–Crippen LogP) is 2.38. The van der Waals surface area contributed by atoms with Crippen molar-refractivity contribution in [2.75, 3.05) is 0 Å². The van der Waals surface area contributed by atoms with Gasteiger partial charge in [-0.25, -0.2) is 0 Å². The summed E-state index contributed by atoms with van der Waals surface area (Å²) in [5.74, 6) is 0. The molecule has 0 saturated heterocycles. The lowest BCUT2D eigenvalue weighted by Crippen LogP contribution is -1.74. The van der Waals surface area contributed by atoms with Gasteiger partial charge < -0.3 is 4.42 Å². The number of aromatic nitrogens is 2. The van der Waals surface area contributed by atoms with Crippen molar-refractivity contribution < 1.29 is 4.42 Å². The summed E-state index contributed by atoms with van der Waals surface area (Å²) < 4.78 is 5.53. The summed E-state index contributed by atoms with van der Waals surface area (Å²) in [5.41, 5.74) is 3.24. The van der Waals surface area contributed by atoms with Crippen LogP contribution in [0.5, 0.6) is 0 Å². The average molecular weight is 170 g/mol. The van der Waals surface area contributed by atoms with Crippen LogP contribution in [0.4, 0.5) is 0 Å². The molecule has 13 heavy (non-hydrogen) atoms. The van der Waals surface area contributed by atoms with Crippen molar-refractivity contribution in [1.82, 2.24) is 9.97 Å². The quantitative estimate of drug-likeness (QED) is 0.520. The molecule has 0 spiro atoms. The first-order chi connectivity index (χ1) is 6.45. The molecule has 0 N–H and O–H groups in total. The van der Waals surface area contributed by atoms with Gasteiger partial charge >= 0.3 is 0 Å². The van der Waals surface area contributed by atoms with E-state index in [-0.39, 0.29) is 0 Å². The average Bonchev–Trinajstić information content (AvgIpc) is 2.56. The number of furan rings is 1. The molecular weight excluding hydrogens is 164 g/mol. The van der Waals surface area contributed by atoms with Gasteiger partial charge in [0.1, 0.15) is 11.0 Å². The molecule has 0 unspecified atom stereocenters. The molecular formula is C10H6N2O. The summed E-state index contributed by atoms with van der Waals surface area (Å²) in [5, 5.41) is 0. The molecule has 3 aromatic heterocycles. The maximum absolute atomic E-state index is 5.53. The zero-order chi connectivity index (χ0) is 8.67. The van der Waals surface area contributed by atoms with Crippen LogP contribution in [0, 0.1) is 0 Å². The Morgan fingerprint density at radius 3 is 1.92 bits per heavy atom. The van der Waals surface area contributed by atoms with Crippen LogP contribution in [-0.2, 0) is 0 Å². The molecule has 3 heteroatoms. The van der Waals surface area contributed by atoms with Crippen LogP contribution >= 0.6 is 0 Å². The van der Waals surface area contributed by atoms with E-state index >= 15 is 0 Å². The molecule has 3 heterocycles. The summed E-state index contributed by atoms with van der Waals surface area (Å²) in [6, 6.07) is 7.49. The Kier molecular flexibility index (Phi) is 1.16. The van der Waals surface area contributed by atoms with Crippen molar-refractivity contribution in [3.8, 4) is 0 Å². The molecule has 62 valence electrons. The monoisotopic (exact) mass is 170 g/mol. The molecule has 3 rings (SSSR count). The molecule has 0 aliphatic rings. The fraction of sp³-hybridized carbons (Fsp3) is 0. The SMILES string of the molecule is c1cnc2c(c1)oc1cccnc12. The Bertz CT molecular complexity index is 521. The molecule has 0 amide bonds. The molecule has 0 fully saturated rings. The summed E-state index contributed by atoms with van der Waals surface area (Å²) in [6.07, 6.45) is 3.48. The Labute approximate surface area is 74.0 Å². The third-order valence-corrected chi connectivity index (χ3v) is 1.99. The van der Waals surface area contributed by atoms with Gasteiger partial charge in [-0.05, 0) is 24.3 Å². The lowest BCUT2D eigenvalue weighted by atomic mass is 10.3. The fourth-order valence-electron chi connectivity index (χ4n) is 1.42. The maximum Gasteiger partial charge on any atom is 0.155 e. The number of hydrogen-bond donors (Lipinski definition) is 0. The zero-order valence-corrected chi connectivity index (χ0v) is 6.77. The molecule has 0 radical (unpaired) electrons. The Balaban J connectivity index is 2.64. The molecule has 0 aromatic carbocycles. The van der Waals surface area contributed by atoms with Gasteiger partial charge in [0.15, 0.2) is 11.2 Å². The molecule has 3 nitrogen and oxygen atoms in total. The van der Waals surface area contributed by atoms with Crippen LogP contribution in [0.1, 0.15) is 0 Å². The van der Waals surface area contributed by atoms with E-state index < -0.39 is 0 Å². The lowest BCUT2D eigenvalue weighted by molar-refractivity contribution is 0.667. The van der Waals surface area contributed by atoms with Crippen LogP contribution in [0.2, 0.25) is 0 Å². The molecule has 3 aromatic rings. The highest BCUT2D eigenvalue weighted by Gasteiger charge is 2.06. The van der Waals surface area contributed by atoms with Gasteiger partial charge in [-0.1, -0.05) is 0 Å². The van der Waals surface area contributed by atoms with E-state index in [2.05, 4.69) is 9.97 Å². The molecule has 0 aliphatic carbocycles. The van der Waals surface area contributed by atoms with E-state index in [1.807, 2.05) is 24.3 Å². The number of fused-ring (bicyclic) bond motifs is 3. The zero-order valence-electron chi connectivity index (χ0n) is 6.77. The second-order valence-electron chi connectivity index (χ2n) is 2.80. The number of rotatable bonds is 0. The van der Waals surface area contributed by atoms with Crippen molar-refractivity contribution in [3.05, 3.63) is 36.7 Å². The van der Waals surface area contributed by atoms with Crippen molar-refractivity contribution in [3.63, 3.8) is 0 Å². The van der Waals surface area contributed by atoms with Crippen LogP contribution in [-0.4, -0.2) is 9.97 Å². The van der Waals surface area contributed by atoms with Gasteiger partial charge in [-0.3, -0.25) is 9.97 Å². The van der Waals surface area contributed by atoms with E-state index in [1.54, 1.807) is 12.4 Å². The van der Waals surface area contributed by atoms with Crippen LogP contribution in [0.25, 0.3) is 22.2 Å². The lowest BCUT2D eigenvalue weighted by Gasteiger charge is -1.83. The van der Waals surface area contributed by atoms with Crippen molar-refractivity contribution in [2.24, 2.45) is 0 Å². The second kappa shape index (κ2) is 2.29. The van der Waals surface area contributed by atoms with Crippen LogP contribution in [0.3, 0.4) is 0 Å². The normalized spacial score (nSPS) is 11.1. The van der Waals surface area contributed by atoms with Crippen molar-refractivity contribution in [1.29, 1.82) is 0 Å². The van der Waals surface area contributed by atoms with Crippen LogP contribution in [0.15, 0.2) is 41.1 Å². The Morgan fingerprint density at radius 1 is 0.846 bits per heavy atom. The largest absolute Gasteiger partial charge is 0.453 e. The molecule has 0 aliphatic heterocycles.